The highest BCUT2D eigenvalue weighted by atomic mass is 16.5. The minimum atomic E-state index is 0.0660. The molecule has 100 valence electrons. The van der Waals surface area contributed by atoms with E-state index in [1.807, 2.05) is 0 Å². The van der Waals surface area contributed by atoms with Crippen LogP contribution in [0.1, 0.15) is 38.7 Å². The van der Waals surface area contributed by atoms with E-state index in [0.29, 0.717) is 12.0 Å². The van der Waals surface area contributed by atoms with Crippen LogP contribution in [-0.2, 0) is 11.2 Å². The maximum absolute atomic E-state index is 6.06. The van der Waals surface area contributed by atoms with Crippen molar-refractivity contribution in [3.63, 3.8) is 0 Å². The zero-order valence-corrected chi connectivity index (χ0v) is 11.6. The van der Waals surface area contributed by atoms with E-state index in [1.54, 1.807) is 0 Å². The van der Waals surface area contributed by atoms with Crippen molar-refractivity contribution in [3.8, 4) is 0 Å². The van der Waals surface area contributed by atoms with E-state index in [-0.39, 0.29) is 5.60 Å². The molecular formula is C16H25NO. The Bertz CT molecular complexity index is 361. The van der Waals surface area contributed by atoms with Crippen molar-refractivity contribution in [1.82, 2.24) is 0 Å². The number of rotatable bonds is 5. The molecule has 2 nitrogen and oxygen atoms in total. The number of hydrogen-bond acceptors (Lipinski definition) is 2. The molecule has 2 heteroatoms. The summed E-state index contributed by atoms with van der Waals surface area (Å²) in [6.45, 7) is 5.11. The van der Waals surface area contributed by atoms with Gasteiger partial charge in [-0.05, 0) is 57.6 Å². The van der Waals surface area contributed by atoms with E-state index >= 15 is 0 Å². The molecule has 2 N–H and O–H groups in total. The van der Waals surface area contributed by atoms with Crippen LogP contribution in [0, 0.1) is 5.92 Å². The highest BCUT2D eigenvalue weighted by Crippen LogP contribution is 2.32. The quantitative estimate of drug-likeness (QED) is 0.867. The Morgan fingerprint density at radius 1 is 1.33 bits per heavy atom. The summed E-state index contributed by atoms with van der Waals surface area (Å²) < 4.78 is 6.06. The maximum atomic E-state index is 6.06. The zero-order valence-electron chi connectivity index (χ0n) is 11.6. The van der Waals surface area contributed by atoms with Crippen LogP contribution in [0.3, 0.4) is 0 Å². The van der Waals surface area contributed by atoms with Gasteiger partial charge in [0.05, 0.1) is 11.7 Å². The summed E-state index contributed by atoms with van der Waals surface area (Å²) in [6.07, 6.45) is 4.91. The van der Waals surface area contributed by atoms with Gasteiger partial charge in [0.15, 0.2) is 0 Å². The van der Waals surface area contributed by atoms with Gasteiger partial charge in [-0.3, -0.25) is 0 Å². The molecule has 2 unspecified atom stereocenters. The van der Waals surface area contributed by atoms with Crippen molar-refractivity contribution in [1.29, 1.82) is 0 Å². The van der Waals surface area contributed by atoms with E-state index in [4.69, 9.17) is 10.5 Å². The molecule has 1 fully saturated rings. The molecule has 0 saturated carbocycles. The Kier molecular flexibility index (Phi) is 4.41. The van der Waals surface area contributed by atoms with Crippen LogP contribution < -0.4 is 5.73 Å². The molecule has 0 bridgehead atoms. The van der Waals surface area contributed by atoms with E-state index in [2.05, 4.69) is 44.2 Å². The van der Waals surface area contributed by atoms with Crippen LogP contribution >= 0.6 is 0 Å². The first-order valence-corrected chi connectivity index (χ1v) is 7.01. The second kappa shape index (κ2) is 5.85. The Morgan fingerprint density at radius 2 is 2.06 bits per heavy atom. The maximum Gasteiger partial charge on any atom is 0.0631 e. The van der Waals surface area contributed by atoms with Crippen LogP contribution in [0.15, 0.2) is 30.3 Å². The summed E-state index contributed by atoms with van der Waals surface area (Å²) in [6, 6.07) is 10.6. The van der Waals surface area contributed by atoms with Crippen molar-refractivity contribution < 1.29 is 4.74 Å². The SMILES string of the molecule is CC1(C)CCC(CC(CN)Cc2ccccc2)O1. The molecule has 0 amide bonds. The highest BCUT2D eigenvalue weighted by Gasteiger charge is 2.32. The molecule has 1 aromatic rings. The molecule has 0 spiro atoms. The molecule has 2 atom stereocenters. The first-order valence-electron chi connectivity index (χ1n) is 7.01. The molecule has 0 radical (unpaired) electrons. The second-order valence-corrected chi connectivity index (χ2v) is 6.07. The first-order chi connectivity index (χ1) is 8.59. The minimum absolute atomic E-state index is 0.0660. The van der Waals surface area contributed by atoms with Gasteiger partial charge in [-0.25, -0.2) is 0 Å². The molecule has 18 heavy (non-hydrogen) atoms. The van der Waals surface area contributed by atoms with Crippen LogP contribution in [-0.4, -0.2) is 18.2 Å². The van der Waals surface area contributed by atoms with E-state index in [9.17, 15) is 0 Å². The smallest absolute Gasteiger partial charge is 0.0631 e. The van der Waals surface area contributed by atoms with E-state index in [1.165, 1.54) is 18.4 Å². The molecule has 0 aliphatic carbocycles. The lowest BCUT2D eigenvalue weighted by atomic mass is 9.92. The zero-order chi connectivity index (χ0) is 13.0. The minimum Gasteiger partial charge on any atom is -0.372 e. The monoisotopic (exact) mass is 247 g/mol. The molecule has 1 heterocycles. The fraction of sp³-hybridized carbons (Fsp3) is 0.625. The standard InChI is InChI=1S/C16H25NO/c1-16(2)9-8-15(18-16)11-14(12-17)10-13-6-4-3-5-7-13/h3-7,14-15H,8-12,17H2,1-2H3. The van der Waals surface area contributed by atoms with Gasteiger partial charge in [-0.15, -0.1) is 0 Å². The Hall–Kier alpha value is -0.860. The molecule has 1 saturated heterocycles. The fourth-order valence-corrected chi connectivity index (χ4v) is 2.83. The molecule has 1 aromatic carbocycles. The number of nitrogens with two attached hydrogens (primary N) is 1. The lowest BCUT2D eigenvalue weighted by Crippen LogP contribution is -2.25. The fourth-order valence-electron chi connectivity index (χ4n) is 2.83. The van der Waals surface area contributed by atoms with Gasteiger partial charge < -0.3 is 10.5 Å². The van der Waals surface area contributed by atoms with Crippen molar-refractivity contribution in [2.75, 3.05) is 6.54 Å². The Morgan fingerprint density at radius 3 is 2.61 bits per heavy atom. The summed E-state index contributed by atoms with van der Waals surface area (Å²) >= 11 is 0. The predicted octanol–water partition coefficient (Wildman–Crippen LogP) is 3.15. The molecule has 0 aromatic heterocycles. The van der Waals surface area contributed by atoms with Gasteiger partial charge in [0.2, 0.25) is 0 Å². The molecular weight excluding hydrogens is 222 g/mol. The topological polar surface area (TPSA) is 35.2 Å². The lowest BCUT2D eigenvalue weighted by Gasteiger charge is -2.22. The summed E-state index contributed by atoms with van der Waals surface area (Å²) in [5.74, 6) is 0.534. The Labute approximate surface area is 111 Å². The summed E-state index contributed by atoms with van der Waals surface area (Å²) in [5.41, 5.74) is 7.36. The van der Waals surface area contributed by atoms with Crippen molar-refractivity contribution in [3.05, 3.63) is 35.9 Å². The third-order valence-corrected chi connectivity index (χ3v) is 3.85. The average molecular weight is 247 g/mol. The van der Waals surface area contributed by atoms with Crippen LogP contribution in [0.4, 0.5) is 0 Å². The summed E-state index contributed by atoms with van der Waals surface area (Å²) in [7, 11) is 0. The molecule has 1 aliphatic heterocycles. The largest absolute Gasteiger partial charge is 0.372 e. The lowest BCUT2D eigenvalue weighted by molar-refractivity contribution is -0.0240. The normalized spacial score (nSPS) is 24.1. The van der Waals surface area contributed by atoms with E-state index < -0.39 is 0 Å². The second-order valence-electron chi connectivity index (χ2n) is 6.07. The van der Waals surface area contributed by atoms with Gasteiger partial charge in [-0.2, -0.15) is 0 Å². The number of benzene rings is 1. The van der Waals surface area contributed by atoms with Crippen LogP contribution in [0.25, 0.3) is 0 Å². The van der Waals surface area contributed by atoms with Crippen molar-refractivity contribution in [2.45, 2.75) is 51.2 Å². The Balaban J connectivity index is 1.87. The highest BCUT2D eigenvalue weighted by molar-refractivity contribution is 5.15. The summed E-state index contributed by atoms with van der Waals surface area (Å²) in [4.78, 5) is 0. The number of hydrogen-bond donors (Lipinski definition) is 1. The van der Waals surface area contributed by atoms with Crippen molar-refractivity contribution in [2.24, 2.45) is 11.7 Å². The summed E-state index contributed by atoms with van der Waals surface area (Å²) in [5, 5.41) is 0. The first kappa shape index (κ1) is 13.6. The van der Waals surface area contributed by atoms with Crippen LogP contribution in [0.5, 0.6) is 0 Å². The number of ether oxygens (including phenoxy) is 1. The predicted molar refractivity (Wildman–Crippen MR) is 75.5 cm³/mol. The molecule has 1 aliphatic rings. The van der Waals surface area contributed by atoms with Gasteiger partial charge in [0, 0.05) is 0 Å². The van der Waals surface area contributed by atoms with Gasteiger partial charge in [0.25, 0.3) is 0 Å². The molecule has 2 rings (SSSR count). The average Bonchev–Trinajstić information content (AvgIpc) is 2.69. The third-order valence-electron chi connectivity index (χ3n) is 3.85. The van der Waals surface area contributed by atoms with Crippen LogP contribution in [0.2, 0.25) is 0 Å². The van der Waals surface area contributed by atoms with Gasteiger partial charge in [0.1, 0.15) is 0 Å². The van der Waals surface area contributed by atoms with Gasteiger partial charge >= 0.3 is 0 Å². The third kappa shape index (κ3) is 3.82. The van der Waals surface area contributed by atoms with Gasteiger partial charge in [-0.1, -0.05) is 30.3 Å². The van der Waals surface area contributed by atoms with Crippen molar-refractivity contribution >= 4 is 0 Å². The van der Waals surface area contributed by atoms with E-state index in [0.717, 1.165) is 19.4 Å².